The smallest absolute Gasteiger partial charge is 0.225 e. The largest absolute Gasteiger partial charge is 0.490 e. The zero-order valence-corrected chi connectivity index (χ0v) is 18.0. The third-order valence-corrected chi connectivity index (χ3v) is 6.62. The molecule has 0 atom stereocenters. The van der Waals surface area contributed by atoms with Crippen molar-refractivity contribution in [1.82, 2.24) is 9.88 Å². The van der Waals surface area contributed by atoms with Crippen molar-refractivity contribution in [2.45, 2.75) is 38.2 Å². The highest BCUT2D eigenvalue weighted by molar-refractivity contribution is 5.79. The number of carbonyl (C=O) groups is 1. The van der Waals surface area contributed by atoms with Crippen LogP contribution in [-0.2, 0) is 4.79 Å². The van der Waals surface area contributed by atoms with Gasteiger partial charge >= 0.3 is 0 Å². The number of piperidine rings is 1. The first-order chi connectivity index (χ1) is 15.7. The maximum Gasteiger partial charge on any atom is 0.225 e. The van der Waals surface area contributed by atoms with Crippen LogP contribution in [0.4, 0.5) is 4.39 Å². The fourth-order valence-electron chi connectivity index (χ4n) is 4.49. The molecule has 0 N–H and O–H groups in total. The minimum absolute atomic E-state index is 0.107. The number of amides is 1. The van der Waals surface area contributed by atoms with E-state index in [4.69, 9.17) is 4.74 Å². The van der Waals surface area contributed by atoms with Crippen LogP contribution in [0.15, 0.2) is 66.9 Å². The Morgan fingerprint density at radius 2 is 1.66 bits per heavy atom. The minimum Gasteiger partial charge on any atom is -0.490 e. The first kappa shape index (κ1) is 20.7. The van der Waals surface area contributed by atoms with Gasteiger partial charge in [0.2, 0.25) is 5.91 Å². The zero-order valence-electron chi connectivity index (χ0n) is 18.0. The minimum atomic E-state index is -0.275. The molecule has 2 aliphatic rings. The van der Waals surface area contributed by atoms with Gasteiger partial charge in [0, 0.05) is 49.2 Å². The maximum absolute atomic E-state index is 15.2. The Bertz CT molecular complexity index is 1070. The fourth-order valence-corrected chi connectivity index (χ4v) is 4.49. The van der Waals surface area contributed by atoms with Gasteiger partial charge in [0.25, 0.3) is 0 Å². The Morgan fingerprint density at radius 1 is 0.906 bits per heavy atom. The van der Waals surface area contributed by atoms with Gasteiger partial charge in [0.1, 0.15) is 17.7 Å². The van der Waals surface area contributed by atoms with Crippen LogP contribution in [0.5, 0.6) is 5.75 Å². The van der Waals surface area contributed by atoms with E-state index in [9.17, 15) is 4.79 Å². The highest BCUT2D eigenvalue weighted by Gasteiger charge is 2.32. The highest BCUT2D eigenvalue weighted by atomic mass is 19.1. The lowest BCUT2D eigenvalue weighted by molar-refractivity contribution is -0.140. The standard InChI is InChI=1S/C27H27FN2O2/c28-26-23(7-4-8-24(26)25-9-1-2-16-29-25)19-10-12-21(13-11-19)32-22-14-17-30(18-15-22)27(31)20-5-3-6-20/h1-2,4,7-13,16,20,22H,3,5-6,14-15,17-18H2. The van der Waals surface area contributed by atoms with Crippen LogP contribution in [-0.4, -0.2) is 35.0 Å². The zero-order chi connectivity index (χ0) is 21.9. The molecular formula is C27H27FN2O2. The van der Waals surface area contributed by atoms with Gasteiger partial charge in [-0.15, -0.1) is 0 Å². The molecule has 1 amide bonds. The molecule has 0 radical (unpaired) electrons. The summed E-state index contributed by atoms with van der Waals surface area (Å²) >= 11 is 0. The number of benzene rings is 2. The van der Waals surface area contributed by atoms with E-state index >= 15 is 4.39 Å². The van der Waals surface area contributed by atoms with E-state index < -0.39 is 0 Å². The monoisotopic (exact) mass is 430 g/mol. The van der Waals surface area contributed by atoms with Crippen LogP contribution in [0.1, 0.15) is 32.1 Å². The summed E-state index contributed by atoms with van der Waals surface area (Å²) in [6.07, 6.45) is 6.75. The van der Waals surface area contributed by atoms with Crippen molar-refractivity contribution >= 4 is 5.91 Å². The van der Waals surface area contributed by atoms with Gasteiger partial charge in [-0.3, -0.25) is 9.78 Å². The molecular weight excluding hydrogens is 403 g/mol. The number of aromatic nitrogens is 1. The highest BCUT2D eigenvalue weighted by Crippen LogP contribution is 2.32. The Balaban J connectivity index is 1.23. The molecule has 2 aromatic carbocycles. The third kappa shape index (κ3) is 4.24. The Kier molecular flexibility index (Phi) is 5.89. The average Bonchev–Trinajstić information content (AvgIpc) is 2.80. The van der Waals surface area contributed by atoms with Gasteiger partial charge in [0.15, 0.2) is 0 Å². The fraction of sp³-hybridized carbons (Fsp3) is 0.333. The summed E-state index contributed by atoms with van der Waals surface area (Å²) in [7, 11) is 0. The molecule has 1 aliphatic carbocycles. The van der Waals surface area contributed by atoms with Gasteiger partial charge in [-0.1, -0.05) is 36.8 Å². The number of carbonyl (C=O) groups excluding carboxylic acids is 1. The summed E-state index contributed by atoms with van der Waals surface area (Å²) in [5.74, 6) is 1.09. The van der Waals surface area contributed by atoms with E-state index in [1.54, 1.807) is 18.3 Å². The predicted molar refractivity (Wildman–Crippen MR) is 123 cm³/mol. The van der Waals surface area contributed by atoms with Gasteiger partial charge < -0.3 is 9.64 Å². The van der Waals surface area contributed by atoms with Gasteiger partial charge in [-0.25, -0.2) is 4.39 Å². The number of likely N-dealkylation sites (tertiary alicyclic amines) is 1. The summed E-state index contributed by atoms with van der Waals surface area (Å²) in [5, 5.41) is 0. The van der Waals surface area contributed by atoms with Crippen molar-refractivity contribution in [1.29, 1.82) is 0 Å². The number of nitrogens with zero attached hydrogens (tertiary/aromatic N) is 2. The molecule has 5 heteroatoms. The van der Waals surface area contributed by atoms with E-state index in [0.717, 1.165) is 50.1 Å². The van der Waals surface area contributed by atoms with Crippen LogP contribution in [0.2, 0.25) is 0 Å². The van der Waals surface area contributed by atoms with Crippen molar-refractivity contribution < 1.29 is 13.9 Å². The second-order valence-corrected chi connectivity index (χ2v) is 8.68. The van der Waals surface area contributed by atoms with Crippen LogP contribution in [0, 0.1) is 11.7 Å². The second kappa shape index (κ2) is 9.11. The number of halogens is 1. The summed E-state index contributed by atoms with van der Waals surface area (Å²) < 4.78 is 21.4. The van der Waals surface area contributed by atoms with Crippen molar-refractivity contribution in [2.75, 3.05) is 13.1 Å². The van der Waals surface area contributed by atoms with Crippen LogP contribution in [0.25, 0.3) is 22.4 Å². The third-order valence-electron chi connectivity index (χ3n) is 6.62. The Morgan fingerprint density at radius 3 is 2.31 bits per heavy atom. The van der Waals surface area contributed by atoms with Gasteiger partial charge in [-0.05, 0) is 48.7 Å². The van der Waals surface area contributed by atoms with Gasteiger partial charge in [-0.2, -0.15) is 0 Å². The number of ether oxygens (including phenoxy) is 1. The molecule has 2 fully saturated rings. The number of hydrogen-bond donors (Lipinski definition) is 0. The molecule has 0 spiro atoms. The number of hydrogen-bond acceptors (Lipinski definition) is 3. The molecule has 2 heterocycles. The topological polar surface area (TPSA) is 42.4 Å². The molecule has 1 aliphatic heterocycles. The quantitative estimate of drug-likeness (QED) is 0.520. The van der Waals surface area contributed by atoms with Crippen LogP contribution in [0.3, 0.4) is 0 Å². The molecule has 4 nitrogen and oxygen atoms in total. The number of rotatable bonds is 5. The van der Waals surface area contributed by atoms with Crippen molar-refractivity contribution in [3.05, 3.63) is 72.7 Å². The molecule has 1 saturated heterocycles. The molecule has 0 unspecified atom stereocenters. The second-order valence-electron chi connectivity index (χ2n) is 8.68. The lowest BCUT2D eigenvalue weighted by Crippen LogP contribution is -2.45. The molecule has 1 saturated carbocycles. The molecule has 3 aromatic rings. The molecule has 1 aromatic heterocycles. The van der Waals surface area contributed by atoms with E-state index in [1.165, 1.54) is 6.42 Å². The van der Waals surface area contributed by atoms with Gasteiger partial charge in [0.05, 0.1) is 5.69 Å². The maximum atomic E-state index is 15.2. The van der Waals surface area contributed by atoms with E-state index in [-0.39, 0.29) is 17.8 Å². The number of pyridine rings is 1. The average molecular weight is 431 g/mol. The molecule has 32 heavy (non-hydrogen) atoms. The molecule has 164 valence electrons. The first-order valence-corrected chi connectivity index (χ1v) is 11.4. The first-order valence-electron chi connectivity index (χ1n) is 11.4. The van der Waals surface area contributed by atoms with Crippen molar-refractivity contribution in [3.63, 3.8) is 0 Å². The molecule has 5 rings (SSSR count). The summed E-state index contributed by atoms with van der Waals surface area (Å²) in [4.78, 5) is 18.7. The van der Waals surface area contributed by atoms with Crippen LogP contribution >= 0.6 is 0 Å². The molecule has 0 bridgehead atoms. The SMILES string of the molecule is O=C(C1CCC1)N1CCC(Oc2ccc(-c3cccc(-c4ccccn4)c3F)cc2)CC1. The van der Waals surface area contributed by atoms with Crippen molar-refractivity contribution in [2.24, 2.45) is 5.92 Å². The summed E-state index contributed by atoms with van der Waals surface area (Å²) in [6, 6.07) is 18.5. The van der Waals surface area contributed by atoms with Crippen molar-refractivity contribution in [3.8, 4) is 28.1 Å². The van der Waals surface area contributed by atoms with E-state index in [1.807, 2.05) is 53.4 Å². The Labute approximate surface area is 188 Å². The lowest BCUT2D eigenvalue weighted by atomic mass is 9.84. The predicted octanol–water partition coefficient (Wildman–Crippen LogP) is 5.72. The summed E-state index contributed by atoms with van der Waals surface area (Å²) in [6.45, 7) is 1.53. The van der Waals surface area contributed by atoms with Crippen LogP contribution < -0.4 is 4.74 Å². The lowest BCUT2D eigenvalue weighted by Gasteiger charge is -2.36. The van der Waals surface area contributed by atoms with E-state index in [0.29, 0.717) is 22.7 Å². The van der Waals surface area contributed by atoms with E-state index in [2.05, 4.69) is 4.98 Å². The Hall–Kier alpha value is -3.21. The normalized spacial score (nSPS) is 17.1. The summed E-state index contributed by atoms with van der Waals surface area (Å²) in [5.41, 5.74) is 2.46.